The van der Waals surface area contributed by atoms with Gasteiger partial charge in [-0.3, -0.25) is 4.79 Å². The van der Waals surface area contributed by atoms with Gasteiger partial charge in [-0.25, -0.2) is 9.18 Å². The van der Waals surface area contributed by atoms with Crippen LogP contribution in [0.25, 0.3) is 11.1 Å². The number of H-pyrrole nitrogens is 1. The van der Waals surface area contributed by atoms with Gasteiger partial charge in [0.1, 0.15) is 11.9 Å². The first-order valence-electron chi connectivity index (χ1n) is 11.1. The van der Waals surface area contributed by atoms with Crippen LogP contribution in [0.15, 0.2) is 77.7 Å². The third kappa shape index (κ3) is 6.76. The molecule has 2 atom stereocenters. The van der Waals surface area contributed by atoms with Crippen LogP contribution in [-0.4, -0.2) is 40.3 Å². The van der Waals surface area contributed by atoms with E-state index in [1.54, 1.807) is 41.4 Å². The molecule has 1 unspecified atom stereocenters. The molecule has 1 aromatic heterocycles. The quantitative estimate of drug-likeness (QED) is 0.557. The Balaban J connectivity index is 0.000000374. The highest BCUT2D eigenvalue weighted by atomic mass is 19.1. The minimum absolute atomic E-state index is 0.106. The molecule has 2 aromatic carbocycles. The lowest BCUT2D eigenvalue weighted by Gasteiger charge is -2.35. The molecule has 1 fully saturated rings. The molecular weight excluding hydrogens is 423 g/mol. The van der Waals surface area contributed by atoms with Crippen molar-refractivity contribution in [2.75, 3.05) is 13.2 Å². The van der Waals surface area contributed by atoms with E-state index in [1.807, 2.05) is 31.2 Å². The summed E-state index contributed by atoms with van der Waals surface area (Å²) in [6, 6.07) is 19.1. The number of carbonyl (C=O) groups excluding carboxylic acids is 1. The number of nitrogens with zero attached hydrogens (tertiary/aromatic N) is 1. The predicted octanol–water partition coefficient (Wildman–Crippen LogP) is 4.91. The zero-order chi connectivity index (χ0) is 23.6. The SMILES string of the molecule is CC(c1ccc(-c2ccc[nH]c2=O)cc1)N1CC[C@@H](CCCO)OC1=O.Fc1ccccc1. The van der Waals surface area contributed by atoms with E-state index in [9.17, 15) is 14.0 Å². The molecule has 0 bridgehead atoms. The molecule has 2 N–H and O–H groups in total. The second-order valence-electron chi connectivity index (χ2n) is 7.86. The minimum Gasteiger partial charge on any atom is -0.446 e. The number of nitrogens with one attached hydrogen (secondary N) is 1. The van der Waals surface area contributed by atoms with Crippen LogP contribution in [0.5, 0.6) is 0 Å². The van der Waals surface area contributed by atoms with Gasteiger partial charge in [0, 0.05) is 31.3 Å². The Morgan fingerprint density at radius 3 is 2.39 bits per heavy atom. The number of hydrogen-bond donors (Lipinski definition) is 2. The number of rotatable bonds is 6. The van der Waals surface area contributed by atoms with Gasteiger partial charge in [-0.15, -0.1) is 0 Å². The molecule has 174 valence electrons. The molecule has 0 radical (unpaired) electrons. The van der Waals surface area contributed by atoms with Crippen LogP contribution >= 0.6 is 0 Å². The zero-order valence-corrected chi connectivity index (χ0v) is 18.6. The zero-order valence-electron chi connectivity index (χ0n) is 18.6. The van der Waals surface area contributed by atoms with Crippen LogP contribution in [0, 0.1) is 5.82 Å². The van der Waals surface area contributed by atoms with Gasteiger partial charge in [-0.1, -0.05) is 42.5 Å². The van der Waals surface area contributed by atoms with Gasteiger partial charge in [0.25, 0.3) is 5.56 Å². The predicted molar refractivity (Wildman–Crippen MR) is 125 cm³/mol. The fourth-order valence-corrected chi connectivity index (χ4v) is 3.70. The Hall–Kier alpha value is -3.45. The van der Waals surface area contributed by atoms with E-state index in [2.05, 4.69) is 4.98 Å². The summed E-state index contributed by atoms with van der Waals surface area (Å²) in [5.74, 6) is -0.178. The Morgan fingerprint density at radius 2 is 1.82 bits per heavy atom. The van der Waals surface area contributed by atoms with Crippen molar-refractivity contribution >= 4 is 6.09 Å². The molecule has 7 heteroatoms. The smallest absolute Gasteiger partial charge is 0.410 e. The van der Waals surface area contributed by atoms with E-state index in [1.165, 1.54) is 12.1 Å². The topological polar surface area (TPSA) is 82.6 Å². The monoisotopic (exact) mass is 452 g/mol. The van der Waals surface area contributed by atoms with E-state index in [4.69, 9.17) is 9.84 Å². The highest BCUT2D eigenvalue weighted by molar-refractivity contribution is 5.69. The van der Waals surface area contributed by atoms with E-state index in [0.717, 1.165) is 17.5 Å². The lowest BCUT2D eigenvalue weighted by Crippen LogP contribution is -2.43. The summed E-state index contributed by atoms with van der Waals surface area (Å²) in [7, 11) is 0. The number of amides is 1. The van der Waals surface area contributed by atoms with Crippen molar-refractivity contribution in [3.63, 3.8) is 0 Å². The average molecular weight is 453 g/mol. The van der Waals surface area contributed by atoms with Crippen LogP contribution in [0.2, 0.25) is 0 Å². The van der Waals surface area contributed by atoms with E-state index < -0.39 is 0 Å². The fraction of sp³-hybridized carbons (Fsp3) is 0.308. The van der Waals surface area contributed by atoms with Crippen molar-refractivity contribution in [1.29, 1.82) is 0 Å². The second-order valence-corrected chi connectivity index (χ2v) is 7.86. The molecule has 1 aliphatic heterocycles. The summed E-state index contributed by atoms with van der Waals surface area (Å²) in [6.45, 7) is 2.72. The summed E-state index contributed by atoms with van der Waals surface area (Å²) in [5, 5.41) is 8.90. The summed E-state index contributed by atoms with van der Waals surface area (Å²) in [5.41, 5.74) is 2.33. The molecule has 0 aliphatic carbocycles. The standard InChI is InChI=1S/C20H24N2O4.C6H5F/c1-14(22-12-10-17(4-3-13-23)26-20(22)25)15-6-8-16(9-7-15)18-5-2-11-21-19(18)24;7-6-4-2-1-3-5-6/h2,5-9,11,14,17,23H,3-4,10,12-13H2,1H3,(H,21,24);1-5H/t14?,17-;/m1./s1. The van der Waals surface area contributed by atoms with Crippen molar-refractivity contribution < 1.29 is 19.0 Å². The van der Waals surface area contributed by atoms with Crippen LogP contribution in [0.3, 0.4) is 0 Å². The maximum Gasteiger partial charge on any atom is 0.410 e. The van der Waals surface area contributed by atoms with Crippen molar-refractivity contribution in [3.05, 3.63) is 94.7 Å². The van der Waals surface area contributed by atoms with Gasteiger partial charge in [0.2, 0.25) is 0 Å². The van der Waals surface area contributed by atoms with Gasteiger partial charge in [0.15, 0.2) is 0 Å². The minimum atomic E-state index is -0.310. The second kappa shape index (κ2) is 12.0. The number of aliphatic hydroxyl groups is 1. The number of ether oxygens (including phenoxy) is 1. The summed E-state index contributed by atoms with van der Waals surface area (Å²) < 4.78 is 17.4. The molecule has 0 saturated carbocycles. The Bertz CT molecular complexity index is 1070. The lowest BCUT2D eigenvalue weighted by atomic mass is 10.0. The number of halogens is 1. The lowest BCUT2D eigenvalue weighted by molar-refractivity contribution is 0.00760. The van der Waals surface area contributed by atoms with Gasteiger partial charge in [-0.2, -0.15) is 0 Å². The van der Waals surface area contributed by atoms with Crippen LogP contribution in [0.1, 0.15) is 37.8 Å². The molecule has 4 rings (SSSR count). The van der Waals surface area contributed by atoms with Crippen molar-refractivity contribution in [1.82, 2.24) is 9.88 Å². The van der Waals surface area contributed by atoms with Crippen molar-refractivity contribution in [2.45, 2.75) is 38.3 Å². The van der Waals surface area contributed by atoms with E-state index in [0.29, 0.717) is 24.9 Å². The van der Waals surface area contributed by atoms with Gasteiger partial charge >= 0.3 is 6.09 Å². The summed E-state index contributed by atoms with van der Waals surface area (Å²) in [6.07, 6.45) is 3.31. The molecule has 1 amide bonds. The summed E-state index contributed by atoms with van der Waals surface area (Å²) >= 11 is 0. The highest BCUT2D eigenvalue weighted by Gasteiger charge is 2.30. The van der Waals surface area contributed by atoms with Gasteiger partial charge in [0.05, 0.1) is 6.04 Å². The van der Waals surface area contributed by atoms with Crippen molar-refractivity contribution in [2.24, 2.45) is 0 Å². The summed E-state index contributed by atoms with van der Waals surface area (Å²) in [4.78, 5) is 28.6. The Kier molecular flexibility index (Phi) is 8.78. The number of pyridine rings is 1. The Labute approximate surface area is 192 Å². The average Bonchev–Trinajstić information content (AvgIpc) is 2.84. The first kappa shape index (κ1) is 24.2. The van der Waals surface area contributed by atoms with Gasteiger partial charge < -0.3 is 19.7 Å². The van der Waals surface area contributed by atoms with Crippen LogP contribution in [-0.2, 0) is 4.74 Å². The molecule has 2 heterocycles. The number of aliphatic hydroxyl groups excluding tert-OH is 1. The highest BCUT2D eigenvalue weighted by Crippen LogP contribution is 2.27. The van der Waals surface area contributed by atoms with Gasteiger partial charge in [-0.05, 0) is 55.2 Å². The number of benzene rings is 2. The third-order valence-corrected chi connectivity index (χ3v) is 5.60. The first-order valence-corrected chi connectivity index (χ1v) is 11.1. The molecule has 1 aliphatic rings. The van der Waals surface area contributed by atoms with Crippen LogP contribution < -0.4 is 5.56 Å². The number of aromatic amines is 1. The normalized spacial score (nSPS) is 16.4. The third-order valence-electron chi connectivity index (χ3n) is 5.60. The molecule has 6 nitrogen and oxygen atoms in total. The first-order chi connectivity index (χ1) is 16.0. The molecule has 1 saturated heterocycles. The maximum atomic E-state index is 12.3. The van der Waals surface area contributed by atoms with E-state index >= 15 is 0 Å². The molecule has 33 heavy (non-hydrogen) atoms. The number of aromatic nitrogens is 1. The maximum absolute atomic E-state index is 12.3. The largest absolute Gasteiger partial charge is 0.446 e. The van der Waals surface area contributed by atoms with Crippen LogP contribution in [0.4, 0.5) is 9.18 Å². The van der Waals surface area contributed by atoms with E-state index in [-0.39, 0.29) is 36.2 Å². The molecule has 3 aromatic rings. The number of cyclic esters (lactones) is 1. The Morgan fingerprint density at radius 1 is 1.09 bits per heavy atom. The fourth-order valence-electron chi connectivity index (χ4n) is 3.70. The number of hydrogen-bond acceptors (Lipinski definition) is 4. The van der Waals surface area contributed by atoms with Crippen molar-refractivity contribution in [3.8, 4) is 11.1 Å². The molecular formula is C26H29FN2O4. The molecule has 0 spiro atoms. The number of carbonyl (C=O) groups is 1.